The summed E-state index contributed by atoms with van der Waals surface area (Å²) in [5, 5.41) is 12.1. The number of ether oxygens (including phenoxy) is 1. The van der Waals surface area contributed by atoms with Crippen LogP contribution in [0.4, 0.5) is 5.69 Å². The molecule has 3 heterocycles. The van der Waals surface area contributed by atoms with Crippen LogP contribution in [0, 0.1) is 12.8 Å². The number of carbonyl (C=O) groups excluding carboxylic acids is 2. The highest BCUT2D eigenvalue weighted by molar-refractivity contribution is 6.22. The van der Waals surface area contributed by atoms with E-state index in [2.05, 4.69) is 15.5 Å². The van der Waals surface area contributed by atoms with Gasteiger partial charge in [-0.2, -0.15) is 0 Å². The van der Waals surface area contributed by atoms with E-state index in [-0.39, 0.29) is 28.8 Å². The number of ketones is 1. The van der Waals surface area contributed by atoms with Crippen molar-refractivity contribution >= 4 is 35.3 Å². The van der Waals surface area contributed by atoms with Gasteiger partial charge < -0.3 is 9.64 Å². The summed E-state index contributed by atoms with van der Waals surface area (Å²) in [6, 6.07) is 6.79. The molecule has 0 aromatic heterocycles. The third-order valence-corrected chi connectivity index (χ3v) is 7.20. The Bertz CT molecular complexity index is 917. The Morgan fingerprint density at radius 1 is 1.33 bits per heavy atom. The minimum Gasteiger partial charge on any atom is -0.366 e. The smallest absolute Gasteiger partial charge is 0.285 e. The number of hydrogen-bond donors (Lipinski definition) is 0. The van der Waals surface area contributed by atoms with E-state index < -0.39 is 23.6 Å². The highest BCUT2D eigenvalue weighted by Crippen LogP contribution is 2.41. The molecule has 5 rings (SSSR count). The number of quaternary nitrogens is 1. The number of benzene rings is 1. The zero-order chi connectivity index (χ0) is 20.9. The molecule has 0 spiro atoms. The van der Waals surface area contributed by atoms with Crippen LogP contribution in [0.5, 0.6) is 0 Å². The molecular formula is C21H25ClN5O3+. The number of amides is 1. The van der Waals surface area contributed by atoms with E-state index >= 15 is 0 Å². The Morgan fingerprint density at radius 2 is 2.13 bits per heavy atom. The van der Waals surface area contributed by atoms with Crippen LogP contribution in [0.2, 0.25) is 0 Å². The molecule has 2 saturated heterocycles. The molecule has 3 fully saturated rings. The normalized spacial score (nSPS) is 34.1. The van der Waals surface area contributed by atoms with Crippen molar-refractivity contribution in [2.75, 3.05) is 13.2 Å². The summed E-state index contributed by atoms with van der Waals surface area (Å²) in [6.45, 7) is 2.32. The van der Waals surface area contributed by atoms with Gasteiger partial charge in [-0.25, -0.2) is 0 Å². The number of Topliss-reactive ketones (excluding diaryl/α,β-unsaturated/α-hetero) is 1. The predicted molar refractivity (Wildman–Crippen MR) is 112 cm³/mol. The van der Waals surface area contributed by atoms with Gasteiger partial charge in [-0.05, 0) is 25.3 Å². The zero-order valence-electron chi connectivity index (χ0n) is 16.9. The number of hydrogen-bond acceptors (Lipinski definition) is 6. The maximum absolute atomic E-state index is 14.1. The quantitative estimate of drug-likeness (QED) is 0.543. The van der Waals surface area contributed by atoms with E-state index in [0.29, 0.717) is 6.54 Å². The molecule has 1 aromatic rings. The fraction of sp³-hybridized carbons (Fsp3) is 0.571. The molecular weight excluding hydrogens is 406 g/mol. The molecule has 158 valence electrons. The predicted octanol–water partition coefficient (Wildman–Crippen LogP) is 2.97. The van der Waals surface area contributed by atoms with E-state index in [1.54, 1.807) is 11.2 Å². The highest BCUT2D eigenvalue weighted by atomic mass is 35.5. The lowest BCUT2D eigenvalue weighted by Crippen LogP contribution is -2.62. The number of alkyl halides is 1. The van der Waals surface area contributed by atoms with E-state index in [4.69, 9.17) is 16.3 Å². The number of carbonyl (C=O) groups is 2. The maximum Gasteiger partial charge on any atom is 0.285 e. The first-order chi connectivity index (χ1) is 14.5. The van der Waals surface area contributed by atoms with Crippen molar-refractivity contribution in [1.82, 2.24) is 9.49 Å². The van der Waals surface area contributed by atoms with Crippen LogP contribution in [-0.2, 0) is 14.3 Å². The van der Waals surface area contributed by atoms with Crippen LogP contribution in [0.15, 0.2) is 39.8 Å². The Kier molecular flexibility index (Phi) is 4.95. The van der Waals surface area contributed by atoms with Gasteiger partial charge >= 0.3 is 0 Å². The fourth-order valence-corrected chi connectivity index (χ4v) is 5.79. The summed E-state index contributed by atoms with van der Waals surface area (Å²) in [6.07, 6.45) is 5.22. The first kappa shape index (κ1) is 19.8. The number of rotatable bonds is 4. The lowest BCUT2D eigenvalue weighted by molar-refractivity contribution is -0.141. The topological polar surface area (TPSA) is 83.7 Å². The summed E-state index contributed by atoms with van der Waals surface area (Å²) < 4.78 is 5.49. The van der Waals surface area contributed by atoms with E-state index in [0.717, 1.165) is 36.9 Å². The summed E-state index contributed by atoms with van der Waals surface area (Å²) in [5.41, 5.74) is 1.91. The summed E-state index contributed by atoms with van der Waals surface area (Å²) in [5.74, 6) is -0.0834. The molecule has 9 heteroatoms. The lowest BCUT2D eigenvalue weighted by atomic mass is 9.93. The number of likely N-dealkylation sites (tertiary alicyclic amines) is 1. The number of aryl methyl sites for hydroxylation is 1. The van der Waals surface area contributed by atoms with Gasteiger partial charge in [-0.1, -0.05) is 34.7 Å². The van der Waals surface area contributed by atoms with Gasteiger partial charge in [0.1, 0.15) is 18.8 Å². The first-order valence-electron chi connectivity index (χ1n) is 10.5. The Balaban J connectivity index is 1.59. The molecule has 30 heavy (non-hydrogen) atoms. The number of fused-ring (bicyclic) bond motifs is 1. The summed E-state index contributed by atoms with van der Waals surface area (Å²) in [7, 11) is 0. The minimum atomic E-state index is -0.613. The third-order valence-electron chi connectivity index (χ3n) is 6.81. The van der Waals surface area contributed by atoms with Crippen molar-refractivity contribution < 1.29 is 14.3 Å². The lowest BCUT2D eigenvalue weighted by Gasteiger charge is -2.36. The van der Waals surface area contributed by atoms with Gasteiger partial charge in [0.15, 0.2) is 11.5 Å². The maximum atomic E-state index is 14.1. The molecule has 5 atom stereocenters. The van der Waals surface area contributed by atoms with Crippen molar-refractivity contribution in [3.8, 4) is 0 Å². The molecule has 3 aliphatic heterocycles. The van der Waals surface area contributed by atoms with E-state index in [9.17, 15) is 9.59 Å². The Morgan fingerprint density at radius 3 is 2.83 bits per heavy atom. The first-order valence-corrected chi connectivity index (χ1v) is 11.0. The molecule has 0 radical (unpaired) electrons. The molecule has 1 amide bonds. The SMILES string of the molecule is Cc1cccc([N+]2(C(C(=O)N3C[C@H](Cl)[C@H]4OCC(=O)[C@H]43)C3CCCC3)C=NN=N2)c1. The fourth-order valence-electron chi connectivity index (χ4n) is 5.43. The monoisotopic (exact) mass is 430 g/mol. The van der Waals surface area contributed by atoms with Crippen LogP contribution in [-0.4, -0.2) is 59.6 Å². The Hall–Kier alpha value is -2.16. The standard InChI is InChI=1S/C21H25ClN5O3/c1-13-5-4-8-15(9-13)27(12-23-24-25-27)19(14-6-2-3-7-14)21(29)26-10-16(22)20-18(26)17(28)11-30-20/h4-5,8-9,12,14,16,18-20H,2-3,6-7,10-11H2,1H3/q+1/t16-,18+,19?,20+,27?/m0/s1. The van der Waals surface area contributed by atoms with Crippen LogP contribution in [0.25, 0.3) is 0 Å². The van der Waals surface area contributed by atoms with Gasteiger partial charge in [0.2, 0.25) is 12.4 Å². The second-order valence-corrected chi connectivity index (χ2v) is 9.23. The Labute approximate surface area is 180 Å². The summed E-state index contributed by atoms with van der Waals surface area (Å²) in [4.78, 5) is 28.3. The van der Waals surface area contributed by atoms with Crippen molar-refractivity contribution in [3.63, 3.8) is 0 Å². The van der Waals surface area contributed by atoms with Gasteiger partial charge in [0.05, 0.1) is 10.6 Å². The van der Waals surface area contributed by atoms with Crippen molar-refractivity contribution in [1.29, 1.82) is 0 Å². The van der Waals surface area contributed by atoms with Crippen LogP contribution >= 0.6 is 11.6 Å². The molecule has 2 unspecified atom stereocenters. The molecule has 1 aromatic carbocycles. The zero-order valence-corrected chi connectivity index (χ0v) is 17.6. The second kappa shape index (κ2) is 7.51. The second-order valence-electron chi connectivity index (χ2n) is 8.67. The number of nitrogens with zero attached hydrogens (tertiary/aromatic N) is 5. The average Bonchev–Trinajstić information content (AvgIpc) is 3.51. The molecule has 4 aliphatic rings. The molecule has 0 N–H and O–H groups in total. The van der Waals surface area contributed by atoms with Gasteiger partial charge in [0.25, 0.3) is 5.91 Å². The molecule has 1 saturated carbocycles. The highest BCUT2D eigenvalue weighted by Gasteiger charge is 2.59. The van der Waals surface area contributed by atoms with E-state index in [1.807, 2.05) is 31.2 Å². The van der Waals surface area contributed by atoms with Crippen molar-refractivity contribution in [2.24, 2.45) is 21.5 Å². The van der Waals surface area contributed by atoms with Gasteiger partial charge in [-0.3, -0.25) is 9.59 Å². The number of halogens is 1. The van der Waals surface area contributed by atoms with Gasteiger partial charge in [-0.15, -0.1) is 11.6 Å². The summed E-state index contributed by atoms with van der Waals surface area (Å²) >= 11 is 6.47. The van der Waals surface area contributed by atoms with Crippen molar-refractivity contribution in [2.45, 2.75) is 56.2 Å². The van der Waals surface area contributed by atoms with Crippen LogP contribution in [0.3, 0.4) is 0 Å². The largest absolute Gasteiger partial charge is 0.366 e. The van der Waals surface area contributed by atoms with Gasteiger partial charge in [0, 0.05) is 29.8 Å². The van der Waals surface area contributed by atoms with Crippen LogP contribution < -0.4 is 4.59 Å². The molecule has 0 bridgehead atoms. The minimum absolute atomic E-state index is 0.00940. The van der Waals surface area contributed by atoms with E-state index in [1.165, 1.54) is 0 Å². The molecule has 8 nitrogen and oxygen atoms in total. The van der Waals surface area contributed by atoms with Crippen molar-refractivity contribution in [3.05, 3.63) is 29.8 Å². The average molecular weight is 431 g/mol. The molecule has 1 aliphatic carbocycles. The van der Waals surface area contributed by atoms with Crippen LogP contribution in [0.1, 0.15) is 31.2 Å². The third kappa shape index (κ3) is 3.01.